The van der Waals surface area contributed by atoms with Gasteiger partial charge in [0, 0.05) is 13.3 Å². The number of nitrogens with two attached hydrogens (primary N) is 1. The van der Waals surface area contributed by atoms with E-state index in [4.69, 9.17) is 10.5 Å². The fraction of sp³-hybridized carbons (Fsp3) is 0.364. The van der Waals surface area contributed by atoms with Gasteiger partial charge < -0.3 is 20.8 Å². The van der Waals surface area contributed by atoms with Crippen LogP contribution in [0.4, 0.5) is 11.5 Å². The topological polar surface area (TPSA) is 131 Å². The van der Waals surface area contributed by atoms with Crippen LogP contribution in [0.1, 0.15) is 5.69 Å². The third kappa shape index (κ3) is 2.88. The van der Waals surface area contributed by atoms with Gasteiger partial charge in [0.2, 0.25) is 0 Å². The number of nitrogen functional groups attached to an aromatic ring is 1. The van der Waals surface area contributed by atoms with Crippen molar-refractivity contribution in [2.45, 2.75) is 13.1 Å². The van der Waals surface area contributed by atoms with E-state index in [0.29, 0.717) is 13.2 Å². The molecule has 9 heteroatoms. The number of nitrogens with zero attached hydrogens (tertiary/aromatic N) is 2. The minimum atomic E-state index is -0.559. The van der Waals surface area contributed by atoms with E-state index in [2.05, 4.69) is 20.3 Å². The average Bonchev–Trinajstić information content (AvgIpc) is 2.91. The summed E-state index contributed by atoms with van der Waals surface area (Å²) in [5.41, 5.74) is 5.69. The Labute approximate surface area is 113 Å². The lowest BCUT2D eigenvalue weighted by Gasteiger charge is -2.13. The Morgan fingerprint density at radius 3 is 2.95 bits per heavy atom. The first-order valence-corrected chi connectivity index (χ1v) is 5.96. The molecule has 2 aromatic rings. The van der Waals surface area contributed by atoms with E-state index in [1.54, 1.807) is 6.20 Å². The predicted molar refractivity (Wildman–Crippen MR) is 73.5 cm³/mol. The van der Waals surface area contributed by atoms with Crippen molar-refractivity contribution in [3.8, 4) is 0 Å². The number of imidazole rings is 1. The van der Waals surface area contributed by atoms with Crippen LogP contribution in [-0.4, -0.2) is 33.2 Å². The standard InChI is InChI=1S/C11H16N6O3/c1-20-3-2-17-9(12)8(10(18)16-11(17)19)14-5-7-4-13-6-15-7/h4,6,14H,2-3,5,12H2,1H3,(H,13,15)(H,16,18,19). The summed E-state index contributed by atoms with van der Waals surface area (Å²) in [6.07, 6.45) is 3.16. The Hall–Kier alpha value is -2.55. The number of hydrogen-bond acceptors (Lipinski definition) is 6. The summed E-state index contributed by atoms with van der Waals surface area (Å²) in [5.74, 6) is 0.0790. The molecule has 2 rings (SSSR count). The number of methoxy groups -OCH3 is 1. The molecule has 5 N–H and O–H groups in total. The quantitative estimate of drug-likeness (QED) is 0.542. The molecule has 0 aliphatic carbocycles. The van der Waals surface area contributed by atoms with Gasteiger partial charge in [0.15, 0.2) is 0 Å². The Kier molecular flexibility index (Phi) is 4.20. The summed E-state index contributed by atoms with van der Waals surface area (Å²) in [6.45, 7) is 0.919. The fourth-order valence-electron chi connectivity index (χ4n) is 1.73. The molecule has 108 valence electrons. The van der Waals surface area contributed by atoms with Gasteiger partial charge in [-0.25, -0.2) is 9.78 Å². The molecule has 0 saturated carbocycles. The molecule has 0 spiro atoms. The molecule has 0 aliphatic rings. The van der Waals surface area contributed by atoms with E-state index in [1.807, 2.05) is 0 Å². The highest BCUT2D eigenvalue weighted by Crippen LogP contribution is 2.10. The van der Waals surface area contributed by atoms with Crippen LogP contribution in [0.5, 0.6) is 0 Å². The number of ether oxygens (including phenoxy) is 1. The third-order valence-corrected chi connectivity index (χ3v) is 2.77. The van der Waals surface area contributed by atoms with Gasteiger partial charge in [-0.15, -0.1) is 0 Å². The summed E-state index contributed by atoms with van der Waals surface area (Å²) in [7, 11) is 1.52. The van der Waals surface area contributed by atoms with Crippen molar-refractivity contribution in [3.63, 3.8) is 0 Å². The van der Waals surface area contributed by atoms with Crippen LogP contribution < -0.4 is 22.3 Å². The highest BCUT2D eigenvalue weighted by Gasteiger charge is 2.11. The van der Waals surface area contributed by atoms with Crippen LogP contribution in [0.3, 0.4) is 0 Å². The summed E-state index contributed by atoms with van der Waals surface area (Å²) in [6, 6.07) is 0. The lowest BCUT2D eigenvalue weighted by Crippen LogP contribution is -2.34. The van der Waals surface area contributed by atoms with E-state index in [1.165, 1.54) is 18.0 Å². The molecule has 0 unspecified atom stereocenters. The van der Waals surface area contributed by atoms with Crippen LogP contribution >= 0.6 is 0 Å². The maximum absolute atomic E-state index is 11.8. The van der Waals surface area contributed by atoms with Crippen molar-refractivity contribution in [1.82, 2.24) is 19.5 Å². The number of rotatable bonds is 6. The van der Waals surface area contributed by atoms with Gasteiger partial charge in [-0.3, -0.25) is 14.3 Å². The molecule has 0 aliphatic heterocycles. The summed E-state index contributed by atoms with van der Waals surface area (Å²) in [4.78, 5) is 32.4. The second-order valence-electron chi connectivity index (χ2n) is 4.09. The maximum Gasteiger partial charge on any atom is 0.330 e. The lowest BCUT2D eigenvalue weighted by atomic mass is 10.4. The molecular weight excluding hydrogens is 264 g/mol. The maximum atomic E-state index is 11.8. The van der Waals surface area contributed by atoms with Crippen LogP contribution in [0.2, 0.25) is 0 Å². The van der Waals surface area contributed by atoms with Crippen molar-refractivity contribution in [2.24, 2.45) is 0 Å². The zero-order valence-electron chi connectivity index (χ0n) is 11.0. The van der Waals surface area contributed by atoms with E-state index >= 15 is 0 Å². The first-order chi connectivity index (χ1) is 9.63. The zero-order chi connectivity index (χ0) is 14.5. The van der Waals surface area contributed by atoms with Gasteiger partial charge in [0.1, 0.15) is 11.5 Å². The molecule has 0 bridgehead atoms. The highest BCUT2D eigenvalue weighted by molar-refractivity contribution is 5.60. The molecule has 20 heavy (non-hydrogen) atoms. The van der Waals surface area contributed by atoms with E-state index in [0.717, 1.165) is 5.69 Å². The van der Waals surface area contributed by atoms with Crippen molar-refractivity contribution in [1.29, 1.82) is 0 Å². The molecule has 0 saturated heterocycles. The normalized spacial score (nSPS) is 10.7. The molecular formula is C11H16N6O3. The van der Waals surface area contributed by atoms with Crippen molar-refractivity contribution in [3.05, 3.63) is 39.1 Å². The molecule has 0 fully saturated rings. The zero-order valence-corrected chi connectivity index (χ0v) is 11.0. The Balaban J connectivity index is 2.27. The number of aromatic amines is 2. The molecule has 9 nitrogen and oxygen atoms in total. The Morgan fingerprint density at radius 1 is 1.50 bits per heavy atom. The van der Waals surface area contributed by atoms with Gasteiger partial charge in [-0.05, 0) is 0 Å². The number of anilines is 2. The van der Waals surface area contributed by atoms with Crippen molar-refractivity contribution in [2.75, 3.05) is 24.8 Å². The summed E-state index contributed by atoms with van der Waals surface area (Å²) in [5, 5.41) is 2.89. The molecule has 0 radical (unpaired) electrons. The summed E-state index contributed by atoms with van der Waals surface area (Å²) >= 11 is 0. The molecule has 0 amide bonds. The SMILES string of the molecule is COCCn1c(N)c(NCc2cnc[nH]2)c(=O)[nH]c1=O. The van der Waals surface area contributed by atoms with Gasteiger partial charge >= 0.3 is 5.69 Å². The van der Waals surface area contributed by atoms with Gasteiger partial charge in [0.25, 0.3) is 5.56 Å². The van der Waals surface area contributed by atoms with Crippen LogP contribution in [-0.2, 0) is 17.8 Å². The lowest BCUT2D eigenvalue weighted by molar-refractivity contribution is 0.186. The van der Waals surface area contributed by atoms with Crippen molar-refractivity contribution >= 4 is 11.5 Å². The molecule has 2 heterocycles. The Morgan fingerprint density at radius 2 is 2.30 bits per heavy atom. The van der Waals surface area contributed by atoms with Crippen molar-refractivity contribution < 1.29 is 4.74 Å². The highest BCUT2D eigenvalue weighted by atomic mass is 16.5. The van der Waals surface area contributed by atoms with Crippen LogP contribution in [0.25, 0.3) is 0 Å². The Bertz CT molecular complexity index is 672. The van der Waals surface area contributed by atoms with Gasteiger partial charge in [-0.1, -0.05) is 0 Å². The monoisotopic (exact) mass is 280 g/mol. The average molecular weight is 280 g/mol. The largest absolute Gasteiger partial charge is 0.383 e. The van der Waals surface area contributed by atoms with Gasteiger partial charge in [0.05, 0.1) is 31.7 Å². The first-order valence-electron chi connectivity index (χ1n) is 5.96. The minimum absolute atomic E-state index is 0.0790. The van der Waals surface area contributed by atoms with E-state index in [-0.39, 0.29) is 18.1 Å². The predicted octanol–water partition coefficient (Wildman–Crippen LogP) is -0.900. The third-order valence-electron chi connectivity index (χ3n) is 2.77. The van der Waals surface area contributed by atoms with Crippen LogP contribution in [0.15, 0.2) is 22.1 Å². The molecule has 2 aromatic heterocycles. The molecule has 0 atom stereocenters. The smallest absolute Gasteiger partial charge is 0.330 e. The number of H-pyrrole nitrogens is 2. The summed E-state index contributed by atoms with van der Waals surface area (Å²) < 4.78 is 6.15. The minimum Gasteiger partial charge on any atom is -0.383 e. The first kappa shape index (κ1) is 13.9. The number of hydrogen-bond donors (Lipinski definition) is 4. The van der Waals surface area contributed by atoms with Gasteiger partial charge in [-0.2, -0.15) is 0 Å². The molecule has 0 aromatic carbocycles. The second kappa shape index (κ2) is 6.06. The fourth-order valence-corrected chi connectivity index (χ4v) is 1.73. The number of nitrogens with one attached hydrogen (secondary N) is 3. The van der Waals surface area contributed by atoms with Crippen LogP contribution in [0, 0.1) is 0 Å². The van der Waals surface area contributed by atoms with E-state index in [9.17, 15) is 9.59 Å². The number of aromatic nitrogens is 4. The van der Waals surface area contributed by atoms with E-state index < -0.39 is 11.2 Å². The second-order valence-corrected chi connectivity index (χ2v) is 4.09.